The summed E-state index contributed by atoms with van der Waals surface area (Å²) in [5, 5.41) is 6.62. The Morgan fingerprint density at radius 1 is 0.867 bits per heavy atom. The van der Waals surface area contributed by atoms with Gasteiger partial charge in [-0.3, -0.25) is 9.59 Å². The minimum atomic E-state index is -0.278. The molecule has 0 heterocycles. The molecule has 2 N–H and O–H groups in total. The predicted octanol–water partition coefficient (Wildman–Crippen LogP) is 6.76. The Hall–Kier alpha value is -2.47. The maximum Gasteiger partial charge on any atom is 0.255 e. The molecule has 1 unspecified atom stereocenters. The molecule has 0 bridgehead atoms. The fourth-order valence-corrected chi connectivity index (χ4v) is 4.05. The second-order valence-corrected chi connectivity index (χ2v) is 8.65. The van der Waals surface area contributed by atoms with Gasteiger partial charge in [-0.1, -0.05) is 42.3 Å². The summed E-state index contributed by atoms with van der Waals surface area (Å²) < 4.78 is 0. The van der Waals surface area contributed by atoms with Crippen LogP contribution in [0.15, 0.2) is 77.7 Å². The van der Waals surface area contributed by atoms with Crippen LogP contribution in [0.1, 0.15) is 23.7 Å². The number of hydrogen-bond acceptors (Lipinski definition) is 3. The highest BCUT2D eigenvalue weighted by atomic mass is 35.5. The minimum absolute atomic E-state index is 0.0850. The van der Waals surface area contributed by atoms with Gasteiger partial charge in [0.25, 0.3) is 5.91 Å². The molecule has 0 spiro atoms. The van der Waals surface area contributed by atoms with Crippen molar-refractivity contribution in [1.82, 2.24) is 0 Å². The molecule has 3 aromatic rings. The SMILES string of the molecule is CCC(Sc1cccc(NC(=O)c2cccc(Cl)c2)c1)C(=O)Nc1ccc(Cl)cc1. The van der Waals surface area contributed by atoms with Crippen LogP contribution in [-0.2, 0) is 4.79 Å². The first-order chi connectivity index (χ1) is 14.4. The molecule has 0 fully saturated rings. The quantitative estimate of drug-likeness (QED) is 0.384. The van der Waals surface area contributed by atoms with Gasteiger partial charge in [0.05, 0.1) is 5.25 Å². The smallest absolute Gasteiger partial charge is 0.255 e. The average molecular weight is 459 g/mol. The Bertz CT molecular complexity index is 1040. The Morgan fingerprint density at radius 3 is 2.30 bits per heavy atom. The van der Waals surface area contributed by atoms with Crippen LogP contribution in [0, 0.1) is 0 Å². The lowest BCUT2D eigenvalue weighted by Crippen LogP contribution is -2.24. The van der Waals surface area contributed by atoms with Crippen molar-refractivity contribution >= 4 is 58.2 Å². The summed E-state index contributed by atoms with van der Waals surface area (Å²) in [5.74, 6) is -0.328. The zero-order chi connectivity index (χ0) is 21.5. The van der Waals surface area contributed by atoms with Gasteiger partial charge in [0.1, 0.15) is 0 Å². The fourth-order valence-electron chi connectivity index (χ4n) is 2.72. The third-order valence-electron chi connectivity index (χ3n) is 4.23. The van der Waals surface area contributed by atoms with E-state index in [-0.39, 0.29) is 17.1 Å². The summed E-state index contributed by atoms with van der Waals surface area (Å²) >= 11 is 13.3. The molecule has 3 rings (SSSR count). The standard InChI is InChI=1S/C23H20Cl2N2O2S/c1-2-21(23(29)26-18-11-9-16(24)10-12-18)30-20-8-4-7-19(14-20)27-22(28)15-5-3-6-17(25)13-15/h3-14,21H,2H2,1H3,(H,26,29)(H,27,28). The molecule has 0 aliphatic heterocycles. The first-order valence-corrected chi connectivity index (χ1v) is 11.0. The highest BCUT2D eigenvalue weighted by Gasteiger charge is 2.18. The molecule has 1 atom stereocenters. The van der Waals surface area contributed by atoms with E-state index in [1.54, 1.807) is 54.6 Å². The second-order valence-electron chi connectivity index (χ2n) is 6.50. The van der Waals surface area contributed by atoms with Crippen molar-refractivity contribution in [2.24, 2.45) is 0 Å². The van der Waals surface area contributed by atoms with Crippen LogP contribution in [0.5, 0.6) is 0 Å². The summed E-state index contributed by atoms with van der Waals surface area (Å²) in [5.41, 5.74) is 1.83. The van der Waals surface area contributed by atoms with Crippen LogP contribution >= 0.6 is 35.0 Å². The number of carbonyl (C=O) groups is 2. The molecular formula is C23H20Cl2N2O2S. The normalized spacial score (nSPS) is 11.6. The third-order valence-corrected chi connectivity index (χ3v) is 6.08. The predicted molar refractivity (Wildman–Crippen MR) is 126 cm³/mol. The summed E-state index contributed by atoms with van der Waals surface area (Å²) in [6, 6.07) is 21.2. The van der Waals surface area contributed by atoms with E-state index in [9.17, 15) is 9.59 Å². The van der Waals surface area contributed by atoms with Crippen LogP contribution in [0.4, 0.5) is 11.4 Å². The number of nitrogens with one attached hydrogen (secondary N) is 2. The van der Waals surface area contributed by atoms with E-state index in [1.165, 1.54) is 11.8 Å². The number of thioether (sulfide) groups is 1. The van der Waals surface area contributed by atoms with Gasteiger partial charge in [0, 0.05) is 31.9 Å². The van der Waals surface area contributed by atoms with Crippen LogP contribution in [0.2, 0.25) is 10.0 Å². The highest BCUT2D eigenvalue weighted by Crippen LogP contribution is 2.29. The molecule has 0 aromatic heterocycles. The molecule has 0 radical (unpaired) electrons. The van der Waals surface area contributed by atoms with E-state index < -0.39 is 0 Å². The van der Waals surface area contributed by atoms with Crippen molar-refractivity contribution < 1.29 is 9.59 Å². The lowest BCUT2D eigenvalue weighted by Gasteiger charge is -2.15. The van der Waals surface area contributed by atoms with Crippen LogP contribution < -0.4 is 10.6 Å². The van der Waals surface area contributed by atoms with E-state index in [0.717, 1.165) is 4.90 Å². The number of amides is 2. The molecule has 0 aliphatic carbocycles. The molecule has 2 amide bonds. The minimum Gasteiger partial charge on any atom is -0.325 e. The first-order valence-electron chi connectivity index (χ1n) is 9.34. The number of carbonyl (C=O) groups excluding carboxylic acids is 2. The van der Waals surface area contributed by atoms with Gasteiger partial charge in [0.2, 0.25) is 5.91 Å². The van der Waals surface area contributed by atoms with Gasteiger partial charge in [-0.25, -0.2) is 0 Å². The van der Waals surface area contributed by atoms with Gasteiger partial charge in [-0.15, -0.1) is 11.8 Å². The summed E-state index contributed by atoms with van der Waals surface area (Å²) in [6.07, 6.45) is 0.656. The molecular weight excluding hydrogens is 439 g/mol. The molecule has 3 aromatic carbocycles. The second kappa shape index (κ2) is 10.5. The maximum absolute atomic E-state index is 12.7. The van der Waals surface area contributed by atoms with Gasteiger partial charge >= 0.3 is 0 Å². The van der Waals surface area contributed by atoms with Crippen molar-refractivity contribution in [3.63, 3.8) is 0 Å². The summed E-state index contributed by atoms with van der Waals surface area (Å²) in [6.45, 7) is 1.96. The lowest BCUT2D eigenvalue weighted by molar-refractivity contribution is -0.115. The van der Waals surface area contributed by atoms with E-state index in [2.05, 4.69) is 10.6 Å². The topological polar surface area (TPSA) is 58.2 Å². The highest BCUT2D eigenvalue weighted by molar-refractivity contribution is 8.00. The zero-order valence-electron chi connectivity index (χ0n) is 16.2. The van der Waals surface area contributed by atoms with Crippen LogP contribution in [-0.4, -0.2) is 17.1 Å². The summed E-state index contributed by atoms with van der Waals surface area (Å²) in [7, 11) is 0. The maximum atomic E-state index is 12.7. The van der Waals surface area contributed by atoms with Crippen molar-refractivity contribution in [1.29, 1.82) is 0 Å². The van der Waals surface area contributed by atoms with Crippen molar-refractivity contribution in [3.8, 4) is 0 Å². The van der Waals surface area contributed by atoms with E-state index in [1.807, 2.05) is 25.1 Å². The largest absolute Gasteiger partial charge is 0.325 e. The monoisotopic (exact) mass is 458 g/mol. The van der Waals surface area contributed by atoms with Gasteiger partial charge < -0.3 is 10.6 Å². The van der Waals surface area contributed by atoms with E-state index >= 15 is 0 Å². The number of rotatable bonds is 7. The van der Waals surface area contributed by atoms with Crippen LogP contribution in [0.25, 0.3) is 0 Å². The van der Waals surface area contributed by atoms with Crippen molar-refractivity contribution in [3.05, 3.63) is 88.4 Å². The van der Waals surface area contributed by atoms with Gasteiger partial charge in [-0.05, 0) is 67.1 Å². The number of anilines is 2. The Balaban J connectivity index is 1.66. The van der Waals surface area contributed by atoms with E-state index in [0.29, 0.717) is 33.4 Å². The molecule has 154 valence electrons. The van der Waals surface area contributed by atoms with Gasteiger partial charge in [0.15, 0.2) is 0 Å². The first kappa shape index (κ1) is 22.2. The van der Waals surface area contributed by atoms with Gasteiger partial charge in [-0.2, -0.15) is 0 Å². The zero-order valence-corrected chi connectivity index (χ0v) is 18.5. The molecule has 30 heavy (non-hydrogen) atoms. The summed E-state index contributed by atoms with van der Waals surface area (Å²) in [4.78, 5) is 26.0. The Kier molecular flexibility index (Phi) is 7.80. The van der Waals surface area contributed by atoms with E-state index in [4.69, 9.17) is 23.2 Å². The number of benzene rings is 3. The third kappa shape index (κ3) is 6.26. The average Bonchev–Trinajstić information content (AvgIpc) is 2.74. The fraction of sp³-hybridized carbons (Fsp3) is 0.130. The number of hydrogen-bond donors (Lipinski definition) is 2. The molecule has 7 heteroatoms. The van der Waals surface area contributed by atoms with Crippen molar-refractivity contribution in [2.45, 2.75) is 23.5 Å². The van der Waals surface area contributed by atoms with Crippen molar-refractivity contribution in [2.75, 3.05) is 10.6 Å². The molecule has 0 aliphatic rings. The molecule has 4 nitrogen and oxygen atoms in total. The molecule has 0 saturated carbocycles. The Labute approximate surface area is 190 Å². The number of halogens is 2. The molecule has 0 saturated heterocycles. The van der Waals surface area contributed by atoms with Crippen LogP contribution in [0.3, 0.4) is 0 Å². The lowest BCUT2D eigenvalue weighted by atomic mass is 10.2. The Morgan fingerprint density at radius 2 is 1.60 bits per heavy atom.